The summed E-state index contributed by atoms with van der Waals surface area (Å²) in [7, 11) is 4.01. The van der Waals surface area contributed by atoms with Gasteiger partial charge in [0.05, 0.1) is 0 Å². The van der Waals surface area contributed by atoms with Crippen LogP contribution in [0, 0.1) is 0 Å². The molecule has 0 aromatic carbocycles. The lowest BCUT2D eigenvalue weighted by Gasteiger charge is -2.18. The van der Waals surface area contributed by atoms with Crippen LogP contribution >= 0.6 is 0 Å². The summed E-state index contributed by atoms with van der Waals surface area (Å²) >= 11 is 0. The van der Waals surface area contributed by atoms with Gasteiger partial charge >= 0.3 is 0 Å². The zero-order chi connectivity index (χ0) is 9.84. The van der Waals surface area contributed by atoms with Crippen LogP contribution in [0.4, 0.5) is 0 Å². The van der Waals surface area contributed by atoms with Crippen LogP contribution in [0.1, 0.15) is 13.3 Å². The van der Waals surface area contributed by atoms with Crippen LogP contribution in [-0.2, 0) is 0 Å². The van der Waals surface area contributed by atoms with E-state index < -0.39 is 0 Å². The Bertz CT molecular complexity index is 272. The highest BCUT2D eigenvalue weighted by Gasteiger charge is 2.07. The van der Waals surface area contributed by atoms with E-state index in [1.165, 1.54) is 0 Å². The molecule has 0 aromatic heterocycles. The SMILES string of the molecule is CC/C([O-])=C1\C=CC=C1CN(C)C. The summed E-state index contributed by atoms with van der Waals surface area (Å²) in [5.74, 6) is 0.238. The van der Waals surface area contributed by atoms with Gasteiger partial charge in [-0.25, -0.2) is 0 Å². The highest BCUT2D eigenvalue weighted by Crippen LogP contribution is 2.21. The van der Waals surface area contributed by atoms with Crippen molar-refractivity contribution in [3.63, 3.8) is 0 Å². The van der Waals surface area contributed by atoms with E-state index in [1.54, 1.807) is 0 Å². The first-order valence-electron chi connectivity index (χ1n) is 4.57. The van der Waals surface area contributed by atoms with Crippen LogP contribution < -0.4 is 5.11 Å². The molecule has 0 aliphatic heterocycles. The molecule has 72 valence electrons. The molecule has 13 heavy (non-hydrogen) atoms. The van der Waals surface area contributed by atoms with Gasteiger partial charge in [0, 0.05) is 6.54 Å². The quantitative estimate of drug-likeness (QED) is 0.604. The van der Waals surface area contributed by atoms with Gasteiger partial charge in [0.2, 0.25) is 0 Å². The molecular formula is C11H16NO-. The number of likely N-dealkylation sites (N-methyl/N-ethyl adjacent to an activating group) is 1. The van der Waals surface area contributed by atoms with Gasteiger partial charge < -0.3 is 10.0 Å². The first kappa shape index (κ1) is 10.1. The Kier molecular flexibility index (Phi) is 3.32. The molecule has 1 aliphatic carbocycles. The molecule has 0 spiro atoms. The van der Waals surface area contributed by atoms with Gasteiger partial charge in [0.15, 0.2) is 0 Å². The van der Waals surface area contributed by atoms with Crippen LogP contribution in [0.25, 0.3) is 0 Å². The largest absolute Gasteiger partial charge is 0.875 e. The zero-order valence-corrected chi connectivity index (χ0v) is 8.50. The number of hydrogen-bond acceptors (Lipinski definition) is 2. The van der Waals surface area contributed by atoms with Crippen molar-refractivity contribution in [1.29, 1.82) is 0 Å². The standard InChI is InChI=1S/C11H17NO/c1-4-11(13)10-7-5-6-9(10)8-12(2)3/h5-7,13H,4,8H2,1-3H3/p-1/b11-10-. The molecule has 0 amide bonds. The lowest BCUT2D eigenvalue weighted by molar-refractivity contribution is -0.307. The lowest BCUT2D eigenvalue weighted by atomic mass is 10.1. The van der Waals surface area contributed by atoms with Gasteiger partial charge in [-0.1, -0.05) is 25.2 Å². The minimum absolute atomic E-state index is 0.238. The van der Waals surface area contributed by atoms with Crippen LogP contribution in [-0.4, -0.2) is 25.5 Å². The van der Waals surface area contributed by atoms with E-state index in [2.05, 4.69) is 4.90 Å². The fourth-order valence-corrected chi connectivity index (χ4v) is 1.40. The minimum Gasteiger partial charge on any atom is -0.875 e. The van der Waals surface area contributed by atoms with Crippen molar-refractivity contribution in [2.24, 2.45) is 0 Å². The van der Waals surface area contributed by atoms with E-state index in [1.807, 2.05) is 39.2 Å². The van der Waals surface area contributed by atoms with Gasteiger partial charge in [0.1, 0.15) is 0 Å². The van der Waals surface area contributed by atoms with Crippen molar-refractivity contribution in [1.82, 2.24) is 4.90 Å². The average molecular weight is 178 g/mol. The van der Waals surface area contributed by atoms with Crippen molar-refractivity contribution in [2.45, 2.75) is 13.3 Å². The molecule has 1 rings (SSSR count). The van der Waals surface area contributed by atoms with Crippen molar-refractivity contribution < 1.29 is 5.11 Å². The van der Waals surface area contributed by atoms with E-state index in [0.717, 1.165) is 17.7 Å². The molecule has 0 saturated heterocycles. The predicted molar refractivity (Wildman–Crippen MR) is 53.1 cm³/mol. The molecule has 0 heterocycles. The Hall–Kier alpha value is -1.02. The van der Waals surface area contributed by atoms with Crippen molar-refractivity contribution in [2.75, 3.05) is 20.6 Å². The number of hydrogen-bond donors (Lipinski definition) is 0. The summed E-state index contributed by atoms with van der Waals surface area (Å²) in [4.78, 5) is 2.07. The maximum Gasteiger partial charge on any atom is 0.0233 e. The third kappa shape index (κ3) is 2.46. The predicted octanol–water partition coefficient (Wildman–Crippen LogP) is 1.07. The van der Waals surface area contributed by atoms with E-state index in [0.29, 0.717) is 6.42 Å². The Morgan fingerprint density at radius 3 is 2.69 bits per heavy atom. The fraction of sp³-hybridized carbons (Fsp3) is 0.455. The molecule has 2 heteroatoms. The van der Waals surface area contributed by atoms with Gasteiger partial charge in [-0.15, -0.1) is 5.76 Å². The van der Waals surface area contributed by atoms with Crippen LogP contribution in [0.2, 0.25) is 0 Å². The molecule has 0 fully saturated rings. The molecular weight excluding hydrogens is 162 g/mol. The molecule has 2 nitrogen and oxygen atoms in total. The normalized spacial score (nSPS) is 19.5. The van der Waals surface area contributed by atoms with Gasteiger partial charge in [-0.2, -0.15) is 0 Å². The monoisotopic (exact) mass is 178 g/mol. The molecule has 0 radical (unpaired) electrons. The summed E-state index contributed by atoms with van der Waals surface area (Å²) in [5.41, 5.74) is 2.02. The van der Waals surface area contributed by atoms with E-state index in [-0.39, 0.29) is 5.76 Å². The molecule has 0 saturated carbocycles. The second-order valence-corrected chi connectivity index (χ2v) is 3.48. The van der Waals surface area contributed by atoms with E-state index >= 15 is 0 Å². The molecule has 1 aliphatic rings. The first-order valence-corrected chi connectivity index (χ1v) is 4.57. The molecule has 0 aromatic rings. The average Bonchev–Trinajstić information content (AvgIpc) is 2.50. The zero-order valence-electron chi connectivity index (χ0n) is 8.50. The van der Waals surface area contributed by atoms with E-state index in [4.69, 9.17) is 0 Å². The van der Waals surface area contributed by atoms with E-state index in [9.17, 15) is 5.11 Å². The maximum absolute atomic E-state index is 11.5. The second-order valence-electron chi connectivity index (χ2n) is 3.48. The fourth-order valence-electron chi connectivity index (χ4n) is 1.40. The third-order valence-corrected chi connectivity index (χ3v) is 2.01. The molecule has 0 unspecified atom stereocenters. The van der Waals surface area contributed by atoms with Crippen molar-refractivity contribution in [3.8, 4) is 0 Å². The maximum atomic E-state index is 11.5. The van der Waals surface area contributed by atoms with Crippen LogP contribution in [0.3, 0.4) is 0 Å². The molecule has 0 atom stereocenters. The molecule has 0 bridgehead atoms. The summed E-state index contributed by atoms with van der Waals surface area (Å²) in [6.07, 6.45) is 6.46. The first-order chi connectivity index (χ1) is 6.15. The van der Waals surface area contributed by atoms with Gasteiger partial charge in [-0.3, -0.25) is 0 Å². The lowest BCUT2D eigenvalue weighted by Crippen LogP contribution is -2.17. The number of allylic oxidation sites excluding steroid dienone is 4. The summed E-state index contributed by atoms with van der Waals surface area (Å²) < 4.78 is 0. The Labute approximate surface area is 79.9 Å². The van der Waals surface area contributed by atoms with Crippen LogP contribution in [0.5, 0.6) is 0 Å². The van der Waals surface area contributed by atoms with Crippen molar-refractivity contribution >= 4 is 0 Å². The summed E-state index contributed by atoms with van der Waals surface area (Å²) in [6, 6.07) is 0. The minimum atomic E-state index is 0.238. The Morgan fingerprint density at radius 1 is 1.46 bits per heavy atom. The Morgan fingerprint density at radius 2 is 2.15 bits per heavy atom. The molecule has 0 N–H and O–H groups in total. The summed E-state index contributed by atoms with van der Waals surface area (Å²) in [5, 5.41) is 11.5. The number of rotatable bonds is 3. The van der Waals surface area contributed by atoms with Crippen molar-refractivity contribution in [3.05, 3.63) is 35.1 Å². The highest BCUT2D eigenvalue weighted by molar-refractivity contribution is 5.50. The van der Waals surface area contributed by atoms with Gasteiger partial charge in [-0.05, 0) is 31.7 Å². The second kappa shape index (κ2) is 4.28. The smallest absolute Gasteiger partial charge is 0.0233 e. The summed E-state index contributed by atoms with van der Waals surface area (Å²) in [6.45, 7) is 2.74. The third-order valence-electron chi connectivity index (χ3n) is 2.01. The topological polar surface area (TPSA) is 26.3 Å². The van der Waals surface area contributed by atoms with Crippen LogP contribution in [0.15, 0.2) is 35.1 Å². The Balaban J connectivity index is 2.78. The van der Waals surface area contributed by atoms with Gasteiger partial charge in [0.25, 0.3) is 0 Å². The number of nitrogens with zero attached hydrogens (tertiary/aromatic N) is 1. The highest BCUT2D eigenvalue weighted by atomic mass is 16.3.